The number of nitrogens with zero attached hydrogens (tertiary/aromatic N) is 2. The molecule has 2 heterocycles. The number of rotatable bonds is 4. The average Bonchev–Trinajstić information content (AvgIpc) is 3.43. The summed E-state index contributed by atoms with van der Waals surface area (Å²) < 4.78 is 5.43. The van der Waals surface area contributed by atoms with Crippen LogP contribution in [0, 0.1) is 19.3 Å². The molecule has 5 rings (SSSR count). The van der Waals surface area contributed by atoms with Gasteiger partial charge in [-0.3, -0.25) is 0 Å². The minimum atomic E-state index is 0.521. The third kappa shape index (κ3) is 2.98. The highest BCUT2D eigenvalue weighted by atomic mass is 16.5. The van der Waals surface area contributed by atoms with E-state index in [2.05, 4.69) is 40.5 Å². The quantitative estimate of drug-likeness (QED) is 0.503. The van der Waals surface area contributed by atoms with Crippen molar-refractivity contribution in [1.29, 1.82) is 5.41 Å². The molecule has 2 aromatic heterocycles. The lowest BCUT2D eigenvalue weighted by atomic mass is 9.95. The summed E-state index contributed by atoms with van der Waals surface area (Å²) in [5.41, 5.74) is 6.61. The molecule has 0 saturated heterocycles. The van der Waals surface area contributed by atoms with Crippen molar-refractivity contribution in [3.63, 3.8) is 0 Å². The molecule has 0 spiro atoms. The first kappa shape index (κ1) is 18.6. The number of fused-ring (bicyclic) bond motifs is 1. The Bertz CT molecular complexity index is 1380. The zero-order chi connectivity index (χ0) is 20.8. The molecule has 1 aliphatic rings. The topological polar surface area (TPSA) is 78.6 Å². The van der Waals surface area contributed by atoms with Crippen molar-refractivity contribution in [2.24, 2.45) is 0 Å². The fourth-order valence-electron chi connectivity index (χ4n) is 4.23. The molecule has 4 aromatic rings. The summed E-state index contributed by atoms with van der Waals surface area (Å²) in [7, 11) is 0. The summed E-state index contributed by atoms with van der Waals surface area (Å²) in [6.45, 7) is 5.91. The molecule has 1 saturated carbocycles. The maximum atomic E-state index is 8.27. The Labute approximate surface area is 174 Å². The zero-order valence-electron chi connectivity index (χ0n) is 17.4. The summed E-state index contributed by atoms with van der Waals surface area (Å²) in [6.07, 6.45) is 5.89. The third-order valence-electron chi connectivity index (χ3n) is 5.89. The molecule has 5 nitrogen and oxygen atoms in total. The number of imidazole rings is 1. The second kappa shape index (κ2) is 7.10. The van der Waals surface area contributed by atoms with Crippen LogP contribution < -0.4 is 10.4 Å². The Balaban J connectivity index is 1.89. The molecule has 1 aliphatic carbocycles. The summed E-state index contributed by atoms with van der Waals surface area (Å²) >= 11 is 0. The minimum Gasteiger partial charge on any atom is -0.361 e. The van der Waals surface area contributed by atoms with Gasteiger partial charge >= 0.3 is 0 Å². The van der Waals surface area contributed by atoms with E-state index in [4.69, 9.17) is 14.9 Å². The summed E-state index contributed by atoms with van der Waals surface area (Å²) in [5, 5.41) is 14.6. The van der Waals surface area contributed by atoms with E-state index in [1.165, 1.54) is 19.1 Å². The van der Waals surface area contributed by atoms with Crippen LogP contribution in [0.4, 0.5) is 0 Å². The van der Waals surface area contributed by atoms with E-state index < -0.39 is 0 Å². The first-order chi connectivity index (χ1) is 14.6. The number of aryl methyl sites for hydroxylation is 2. The fourth-order valence-corrected chi connectivity index (χ4v) is 4.23. The molecule has 5 heteroatoms. The summed E-state index contributed by atoms with van der Waals surface area (Å²) in [5.74, 6) is 2.35. The van der Waals surface area contributed by atoms with E-state index in [0.717, 1.165) is 61.0 Å². The molecule has 0 unspecified atom stereocenters. The van der Waals surface area contributed by atoms with Crippen LogP contribution in [0.25, 0.3) is 33.8 Å². The van der Waals surface area contributed by atoms with Crippen LogP contribution in [-0.4, -0.2) is 21.3 Å². The van der Waals surface area contributed by atoms with Crippen LogP contribution in [0.5, 0.6) is 0 Å². The number of H-pyrrole nitrogens is 1. The van der Waals surface area contributed by atoms with E-state index in [0.29, 0.717) is 5.92 Å². The molecule has 0 radical (unpaired) electrons. The third-order valence-corrected chi connectivity index (χ3v) is 5.89. The second-order valence-electron chi connectivity index (χ2n) is 7.95. The van der Waals surface area contributed by atoms with Gasteiger partial charge in [-0.25, -0.2) is 4.98 Å². The van der Waals surface area contributed by atoms with Crippen molar-refractivity contribution in [3.8, 4) is 11.1 Å². The maximum Gasteiger partial charge on any atom is 0.141 e. The molecule has 0 amide bonds. The van der Waals surface area contributed by atoms with Gasteiger partial charge in [0.25, 0.3) is 0 Å². The first-order valence-corrected chi connectivity index (χ1v) is 10.3. The van der Waals surface area contributed by atoms with Crippen LogP contribution in [0.2, 0.25) is 0 Å². The molecule has 0 atom stereocenters. The van der Waals surface area contributed by atoms with E-state index >= 15 is 0 Å². The Hall–Kier alpha value is -3.47. The summed E-state index contributed by atoms with van der Waals surface area (Å²) in [4.78, 5) is 8.48. The van der Waals surface area contributed by atoms with Gasteiger partial charge in [-0.1, -0.05) is 35.5 Å². The molecule has 1 fully saturated rings. The number of hydrogen-bond donors (Lipinski definition) is 2. The van der Waals surface area contributed by atoms with Crippen LogP contribution in [0.3, 0.4) is 0 Å². The Kier molecular flexibility index (Phi) is 4.39. The molecular weight excluding hydrogens is 372 g/mol. The van der Waals surface area contributed by atoms with Gasteiger partial charge in [0.1, 0.15) is 11.6 Å². The number of aromatic nitrogens is 3. The number of nitrogens with one attached hydrogen (secondary N) is 2. The van der Waals surface area contributed by atoms with Gasteiger partial charge in [-0.2, -0.15) is 0 Å². The summed E-state index contributed by atoms with van der Waals surface area (Å²) in [6, 6.07) is 12.4. The van der Waals surface area contributed by atoms with Crippen LogP contribution in [-0.2, 0) is 0 Å². The van der Waals surface area contributed by atoms with Gasteiger partial charge in [0.05, 0.1) is 16.7 Å². The SMILES string of the molecule is C/C=c1/cccc/c1=C(/C=N)c1cc(-c2c(C)noc2C)cc2nc(C3CC3)[nH]c12. The maximum absolute atomic E-state index is 8.27. The Morgan fingerprint density at radius 1 is 1.20 bits per heavy atom. The molecule has 0 bridgehead atoms. The van der Waals surface area contributed by atoms with Crippen molar-refractivity contribution >= 4 is 28.9 Å². The lowest BCUT2D eigenvalue weighted by Gasteiger charge is -2.09. The van der Waals surface area contributed by atoms with Crippen LogP contribution in [0.1, 0.15) is 48.5 Å². The lowest BCUT2D eigenvalue weighted by Crippen LogP contribution is -2.27. The van der Waals surface area contributed by atoms with Crippen LogP contribution in [0.15, 0.2) is 40.9 Å². The highest BCUT2D eigenvalue weighted by molar-refractivity contribution is 6.13. The highest BCUT2D eigenvalue weighted by Gasteiger charge is 2.28. The molecule has 30 heavy (non-hydrogen) atoms. The average molecular weight is 396 g/mol. The van der Waals surface area contributed by atoms with Gasteiger partial charge in [0.2, 0.25) is 0 Å². The smallest absolute Gasteiger partial charge is 0.141 e. The van der Waals surface area contributed by atoms with E-state index in [9.17, 15) is 0 Å². The van der Waals surface area contributed by atoms with Gasteiger partial charge in [0, 0.05) is 28.8 Å². The Morgan fingerprint density at radius 3 is 2.67 bits per heavy atom. The first-order valence-electron chi connectivity index (χ1n) is 10.3. The minimum absolute atomic E-state index is 0.521. The van der Waals surface area contributed by atoms with Gasteiger partial charge < -0.3 is 14.9 Å². The van der Waals surface area contributed by atoms with Gasteiger partial charge in [0.15, 0.2) is 0 Å². The number of aromatic amines is 1. The van der Waals surface area contributed by atoms with E-state index in [1.807, 2.05) is 32.9 Å². The van der Waals surface area contributed by atoms with E-state index in [1.54, 1.807) is 0 Å². The molecule has 150 valence electrons. The zero-order valence-corrected chi connectivity index (χ0v) is 17.4. The van der Waals surface area contributed by atoms with Crippen molar-refractivity contribution in [2.45, 2.75) is 39.5 Å². The standard InChI is InChI=1S/C25H24N4O/c1-4-16-7-5-6-8-19(16)21(13-26)20-11-18(23-14(2)29-30-15(23)3)12-22-24(20)28-25(27-22)17-9-10-17/h4-8,11-13,17,26H,9-10H2,1-3H3,(H,27,28)/b16-4-,21-19+,26-13?. The molecule has 2 N–H and O–H groups in total. The molecular formula is C25H24N4O. The van der Waals surface area contributed by atoms with Crippen molar-refractivity contribution in [3.05, 3.63) is 69.7 Å². The van der Waals surface area contributed by atoms with Crippen molar-refractivity contribution < 1.29 is 4.52 Å². The monoisotopic (exact) mass is 396 g/mol. The Morgan fingerprint density at radius 2 is 2.00 bits per heavy atom. The lowest BCUT2D eigenvalue weighted by molar-refractivity contribution is 0.393. The second-order valence-corrected chi connectivity index (χ2v) is 7.95. The normalized spacial score (nSPS) is 15.6. The largest absolute Gasteiger partial charge is 0.361 e. The number of benzene rings is 2. The van der Waals surface area contributed by atoms with Crippen molar-refractivity contribution in [1.82, 2.24) is 15.1 Å². The molecule has 2 aromatic carbocycles. The van der Waals surface area contributed by atoms with Gasteiger partial charge in [-0.15, -0.1) is 0 Å². The van der Waals surface area contributed by atoms with Crippen molar-refractivity contribution in [2.75, 3.05) is 0 Å². The van der Waals surface area contributed by atoms with Crippen LogP contribution >= 0.6 is 0 Å². The highest BCUT2D eigenvalue weighted by Crippen LogP contribution is 2.40. The van der Waals surface area contributed by atoms with Gasteiger partial charge in [-0.05, 0) is 61.7 Å². The fraction of sp³-hybridized carbons (Fsp3) is 0.240. The predicted octanol–water partition coefficient (Wildman–Crippen LogP) is 4.36. The molecule has 0 aliphatic heterocycles. The predicted molar refractivity (Wildman–Crippen MR) is 120 cm³/mol. The van der Waals surface area contributed by atoms with E-state index in [-0.39, 0.29) is 0 Å². The number of hydrogen-bond acceptors (Lipinski definition) is 4.